The normalized spacial score (nSPS) is 19.9. The zero-order chi connectivity index (χ0) is 28.2. The third kappa shape index (κ3) is 6.14. The van der Waals surface area contributed by atoms with Crippen LogP contribution in [0, 0.1) is 5.92 Å². The number of rotatable bonds is 9. The van der Waals surface area contributed by atoms with E-state index in [0.717, 1.165) is 29.0 Å². The second-order valence-corrected chi connectivity index (χ2v) is 12.3. The molecular weight excluding hydrogens is 524 g/mol. The fraction of sp³-hybridized carbons (Fsp3) is 0.452. The van der Waals surface area contributed by atoms with Crippen molar-refractivity contribution in [1.29, 1.82) is 0 Å². The molecule has 40 heavy (non-hydrogen) atoms. The first kappa shape index (κ1) is 28.1. The maximum atomic E-state index is 13.5. The molecule has 3 aromatic rings. The smallest absolute Gasteiger partial charge is 0.326 e. The van der Waals surface area contributed by atoms with Gasteiger partial charge < -0.3 is 19.5 Å². The number of benzene rings is 2. The molecule has 2 aliphatic rings. The first-order valence-electron chi connectivity index (χ1n) is 14.1. The number of hydrogen-bond donors (Lipinski definition) is 1. The summed E-state index contributed by atoms with van der Waals surface area (Å²) in [7, 11) is 1.64. The summed E-state index contributed by atoms with van der Waals surface area (Å²) in [5.41, 5.74) is 2.70. The van der Waals surface area contributed by atoms with Crippen LogP contribution in [-0.2, 0) is 9.59 Å². The number of carbonyl (C=O) groups is 2. The third-order valence-corrected chi connectivity index (χ3v) is 9.36. The Labute approximate surface area is 239 Å². The summed E-state index contributed by atoms with van der Waals surface area (Å²) in [6.45, 7) is 6.14. The highest BCUT2D eigenvalue weighted by molar-refractivity contribution is 8.01. The third-order valence-electron chi connectivity index (χ3n) is 7.88. The van der Waals surface area contributed by atoms with Crippen LogP contribution in [0.4, 0.5) is 0 Å². The minimum Gasteiger partial charge on any atom is -0.497 e. The lowest BCUT2D eigenvalue weighted by Gasteiger charge is -2.32. The zero-order valence-electron chi connectivity index (χ0n) is 23.4. The number of imidazole rings is 1. The Morgan fingerprint density at radius 1 is 1.05 bits per heavy atom. The van der Waals surface area contributed by atoms with Gasteiger partial charge in [-0.3, -0.25) is 14.2 Å². The first-order chi connectivity index (χ1) is 19.3. The number of aromatic nitrogens is 2. The van der Waals surface area contributed by atoms with Gasteiger partial charge in [-0.1, -0.05) is 56.3 Å². The van der Waals surface area contributed by atoms with Gasteiger partial charge in [-0.25, -0.2) is 4.79 Å². The van der Waals surface area contributed by atoms with E-state index in [1.807, 2.05) is 70.6 Å². The number of likely N-dealkylation sites (tertiary alicyclic amines) is 1. The van der Waals surface area contributed by atoms with Crippen LogP contribution in [-0.4, -0.2) is 63.2 Å². The largest absolute Gasteiger partial charge is 0.497 e. The Bertz CT molecular complexity index is 1360. The summed E-state index contributed by atoms with van der Waals surface area (Å²) in [5, 5.41) is -0.509. The summed E-state index contributed by atoms with van der Waals surface area (Å²) in [5.74, 6) is 1.31. The molecule has 2 aliphatic heterocycles. The predicted octanol–water partition coefficient (Wildman–Crippen LogP) is 5.09. The second kappa shape index (κ2) is 12.4. The van der Waals surface area contributed by atoms with Crippen molar-refractivity contribution in [2.45, 2.75) is 56.2 Å². The molecule has 2 unspecified atom stereocenters. The van der Waals surface area contributed by atoms with E-state index < -0.39 is 5.25 Å². The molecule has 0 aliphatic carbocycles. The number of amides is 2. The molecule has 0 bridgehead atoms. The van der Waals surface area contributed by atoms with Gasteiger partial charge in [-0.2, -0.15) is 0 Å². The molecule has 3 heterocycles. The van der Waals surface area contributed by atoms with Gasteiger partial charge in [-0.05, 0) is 48.4 Å². The van der Waals surface area contributed by atoms with Crippen molar-refractivity contribution in [2.75, 3.05) is 26.7 Å². The Balaban J connectivity index is 1.21. The van der Waals surface area contributed by atoms with Crippen LogP contribution in [0.2, 0.25) is 0 Å². The molecule has 2 aromatic carbocycles. The van der Waals surface area contributed by atoms with E-state index in [1.165, 1.54) is 0 Å². The van der Waals surface area contributed by atoms with Crippen LogP contribution < -0.4 is 10.4 Å². The van der Waals surface area contributed by atoms with Gasteiger partial charge in [0.2, 0.25) is 11.8 Å². The van der Waals surface area contributed by atoms with E-state index in [4.69, 9.17) is 4.74 Å². The highest BCUT2D eigenvalue weighted by Gasteiger charge is 2.42. The molecule has 8 nitrogen and oxygen atoms in total. The van der Waals surface area contributed by atoms with Crippen LogP contribution in [0.25, 0.3) is 11.3 Å². The number of hydrogen-bond acceptors (Lipinski definition) is 5. The number of nitrogens with zero attached hydrogens (tertiary/aromatic N) is 3. The molecule has 0 spiro atoms. The van der Waals surface area contributed by atoms with Gasteiger partial charge >= 0.3 is 5.69 Å². The van der Waals surface area contributed by atoms with Crippen LogP contribution >= 0.6 is 11.8 Å². The molecule has 2 saturated heterocycles. The lowest BCUT2D eigenvalue weighted by Crippen LogP contribution is -2.42. The van der Waals surface area contributed by atoms with Crippen LogP contribution in [0.5, 0.6) is 5.75 Å². The Hall–Kier alpha value is -3.46. The van der Waals surface area contributed by atoms with E-state index in [-0.39, 0.29) is 35.3 Å². The summed E-state index contributed by atoms with van der Waals surface area (Å²) in [6.07, 6.45) is 4.41. The first-order valence-corrected chi connectivity index (χ1v) is 15.0. The van der Waals surface area contributed by atoms with E-state index >= 15 is 0 Å². The molecule has 2 fully saturated rings. The predicted molar refractivity (Wildman–Crippen MR) is 158 cm³/mol. The summed E-state index contributed by atoms with van der Waals surface area (Å²) < 4.78 is 7.08. The number of piperidine rings is 1. The Kier molecular flexibility index (Phi) is 8.69. The average Bonchev–Trinajstić information content (AvgIpc) is 3.51. The van der Waals surface area contributed by atoms with Crippen LogP contribution in [0.3, 0.4) is 0 Å². The number of ether oxygens (including phenoxy) is 1. The fourth-order valence-electron chi connectivity index (χ4n) is 5.50. The SMILES string of the molecule is COc1ccc(C2SC(CC(=O)N3CCC(n4cc(-c5ccccc5)[nH]c4=O)CC3)C(=O)N2CCC(C)C)cc1. The number of thioether (sulfide) groups is 1. The van der Waals surface area contributed by atoms with Crippen molar-refractivity contribution in [3.05, 3.63) is 76.8 Å². The van der Waals surface area contributed by atoms with E-state index in [9.17, 15) is 14.4 Å². The molecule has 1 aromatic heterocycles. The summed E-state index contributed by atoms with van der Waals surface area (Å²) in [4.78, 5) is 46.3. The van der Waals surface area contributed by atoms with Crippen molar-refractivity contribution in [3.63, 3.8) is 0 Å². The van der Waals surface area contributed by atoms with Gasteiger partial charge in [0.1, 0.15) is 11.1 Å². The number of aromatic amines is 1. The van der Waals surface area contributed by atoms with E-state index in [2.05, 4.69) is 18.8 Å². The molecular formula is C31H38N4O4S. The lowest BCUT2D eigenvalue weighted by atomic mass is 10.0. The van der Waals surface area contributed by atoms with Crippen molar-refractivity contribution in [1.82, 2.24) is 19.4 Å². The van der Waals surface area contributed by atoms with Crippen LogP contribution in [0.1, 0.15) is 56.5 Å². The van der Waals surface area contributed by atoms with Crippen molar-refractivity contribution in [3.8, 4) is 17.0 Å². The van der Waals surface area contributed by atoms with Crippen molar-refractivity contribution >= 4 is 23.6 Å². The number of methoxy groups -OCH3 is 1. The Morgan fingerprint density at radius 3 is 2.40 bits per heavy atom. The molecule has 1 N–H and O–H groups in total. The molecule has 0 saturated carbocycles. The standard InChI is InChI=1S/C31H38N4O4S/c1-21(2)13-18-34-29(37)27(40-30(34)23-9-11-25(39-3)12-10-23)19-28(36)33-16-14-24(15-17-33)35-20-26(32-31(35)38)22-7-5-4-6-8-22/h4-12,20-21,24,27,30H,13-19H2,1-3H3,(H,32,38). The lowest BCUT2D eigenvalue weighted by molar-refractivity contribution is -0.136. The van der Waals surface area contributed by atoms with Gasteiger partial charge in [0, 0.05) is 38.3 Å². The van der Waals surface area contributed by atoms with E-state index in [1.54, 1.807) is 23.4 Å². The average molecular weight is 563 g/mol. The fourth-order valence-corrected chi connectivity index (χ4v) is 6.97. The molecule has 212 valence electrons. The minimum atomic E-state index is -0.398. The van der Waals surface area contributed by atoms with E-state index in [0.29, 0.717) is 38.4 Å². The number of nitrogens with one attached hydrogen (secondary N) is 1. The van der Waals surface area contributed by atoms with Crippen LogP contribution in [0.15, 0.2) is 65.6 Å². The Morgan fingerprint density at radius 2 is 1.75 bits per heavy atom. The maximum absolute atomic E-state index is 13.5. The van der Waals surface area contributed by atoms with Gasteiger partial charge in [-0.15, -0.1) is 11.8 Å². The van der Waals surface area contributed by atoms with Crippen molar-refractivity contribution in [2.24, 2.45) is 5.92 Å². The molecule has 2 amide bonds. The summed E-state index contributed by atoms with van der Waals surface area (Å²) >= 11 is 1.58. The summed E-state index contributed by atoms with van der Waals surface area (Å²) in [6, 6.07) is 17.7. The second-order valence-electron chi connectivity index (χ2n) is 11.0. The molecule has 9 heteroatoms. The number of carbonyl (C=O) groups excluding carboxylic acids is 2. The highest BCUT2D eigenvalue weighted by atomic mass is 32.2. The minimum absolute atomic E-state index is 0.00915. The van der Waals surface area contributed by atoms with Gasteiger partial charge in [0.15, 0.2) is 0 Å². The zero-order valence-corrected chi connectivity index (χ0v) is 24.2. The highest BCUT2D eigenvalue weighted by Crippen LogP contribution is 2.45. The number of H-pyrrole nitrogens is 1. The van der Waals surface area contributed by atoms with Crippen molar-refractivity contribution < 1.29 is 14.3 Å². The quantitative estimate of drug-likeness (QED) is 0.392. The topological polar surface area (TPSA) is 87.6 Å². The van der Waals surface area contributed by atoms with Gasteiger partial charge in [0.25, 0.3) is 0 Å². The molecule has 5 rings (SSSR count). The molecule has 2 atom stereocenters. The maximum Gasteiger partial charge on any atom is 0.326 e. The monoisotopic (exact) mass is 562 g/mol. The molecule has 0 radical (unpaired) electrons. The van der Waals surface area contributed by atoms with Gasteiger partial charge in [0.05, 0.1) is 18.1 Å².